The van der Waals surface area contributed by atoms with Gasteiger partial charge in [0.05, 0.1) is 37.6 Å². The average Bonchev–Trinajstić information content (AvgIpc) is 3.65. The molecule has 10 heteroatoms. The maximum atomic E-state index is 13.0. The molecule has 1 saturated carbocycles. The van der Waals surface area contributed by atoms with Crippen LogP contribution >= 0.6 is 23.2 Å². The smallest absolute Gasteiger partial charge is 0.181 e. The number of hydrogen-bond donors (Lipinski definition) is 1. The zero-order chi connectivity index (χ0) is 26.3. The summed E-state index contributed by atoms with van der Waals surface area (Å²) < 4.78 is 48.2. The van der Waals surface area contributed by atoms with Crippen molar-refractivity contribution in [2.75, 3.05) is 12.9 Å². The van der Waals surface area contributed by atoms with Crippen LogP contribution in [0.5, 0.6) is 0 Å². The zero-order valence-electron chi connectivity index (χ0n) is 19.3. The Kier molecular flexibility index (Phi) is 7.65. The Morgan fingerprint density at radius 1 is 0.917 bits per heavy atom. The predicted octanol–water partition coefficient (Wildman–Crippen LogP) is 4.89. The van der Waals surface area contributed by atoms with Crippen LogP contribution in [0.2, 0.25) is 10.0 Å². The van der Waals surface area contributed by atoms with E-state index in [1.165, 1.54) is 24.3 Å². The van der Waals surface area contributed by atoms with Crippen LogP contribution in [-0.4, -0.2) is 45.8 Å². The quantitative estimate of drug-likeness (QED) is 0.395. The minimum Gasteiger partial charge on any atom is -0.395 e. The number of sulfone groups is 2. The highest BCUT2D eigenvalue weighted by molar-refractivity contribution is 7.92. The normalized spacial score (nSPS) is 15.0. The molecule has 0 bridgehead atoms. The van der Waals surface area contributed by atoms with E-state index in [0.29, 0.717) is 45.1 Å². The lowest BCUT2D eigenvalue weighted by Crippen LogP contribution is -2.18. The molecule has 6 nitrogen and oxygen atoms in total. The van der Waals surface area contributed by atoms with E-state index >= 15 is 0 Å². The first-order chi connectivity index (χ1) is 16.9. The number of Topliss-reactive ketones (excluding diaryl/α,β-unsaturated/α-hetero) is 1. The van der Waals surface area contributed by atoms with Gasteiger partial charge in [0.2, 0.25) is 0 Å². The summed E-state index contributed by atoms with van der Waals surface area (Å²) in [6.07, 6.45) is 2.42. The Labute approximate surface area is 220 Å². The van der Waals surface area contributed by atoms with E-state index in [4.69, 9.17) is 23.2 Å². The third-order valence-corrected chi connectivity index (χ3v) is 10.2. The van der Waals surface area contributed by atoms with Crippen molar-refractivity contribution in [3.8, 4) is 11.1 Å². The topological polar surface area (TPSA) is 106 Å². The molecule has 0 spiro atoms. The summed E-state index contributed by atoms with van der Waals surface area (Å²) in [4.78, 5) is 13.4. The maximum absolute atomic E-state index is 13.0. The second-order valence-electron chi connectivity index (χ2n) is 8.92. The first kappa shape index (κ1) is 26.8. The number of carbonyl (C=O) groups is 1. The van der Waals surface area contributed by atoms with E-state index in [1.54, 1.807) is 36.4 Å². The summed E-state index contributed by atoms with van der Waals surface area (Å²) in [5, 5.41) is 10.2. The molecule has 1 aliphatic carbocycles. The lowest BCUT2D eigenvalue weighted by Gasteiger charge is -2.15. The summed E-state index contributed by atoms with van der Waals surface area (Å²) in [6, 6.07) is 15.5. The number of aliphatic hydroxyl groups is 1. The van der Waals surface area contributed by atoms with Crippen LogP contribution in [0.3, 0.4) is 0 Å². The molecule has 1 atom stereocenters. The number of carbonyl (C=O) groups excluding carboxylic acids is 1. The van der Waals surface area contributed by atoms with Crippen LogP contribution in [0.4, 0.5) is 0 Å². The van der Waals surface area contributed by atoms with Crippen molar-refractivity contribution in [3.05, 3.63) is 81.8 Å². The Morgan fingerprint density at radius 3 is 1.92 bits per heavy atom. The summed E-state index contributed by atoms with van der Waals surface area (Å²) in [5.41, 5.74) is 2.24. The summed E-state index contributed by atoms with van der Waals surface area (Å²) in [5.74, 6) is -1.11. The third-order valence-electron chi connectivity index (χ3n) is 6.20. The number of benzene rings is 3. The molecule has 1 fully saturated rings. The third kappa shape index (κ3) is 5.68. The molecular formula is C26H24Cl2O6S2. The molecule has 0 saturated heterocycles. The van der Waals surface area contributed by atoms with Gasteiger partial charge < -0.3 is 5.11 Å². The van der Waals surface area contributed by atoms with Gasteiger partial charge >= 0.3 is 0 Å². The van der Waals surface area contributed by atoms with Crippen LogP contribution in [0, 0.1) is 0 Å². The molecule has 0 unspecified atom stereocenters. The molecule has 1 N–H and O–H groups in total. The van der Waals surface area contributed by atoms with Crippen LogP contribution in [0.15, 0.2) is 70.5 Å². The number of aliphatic hydroxyl groups excluding tert-OH is 1. The molecule has 0 aliphatic heterocycles. The van der Waals surface area contributed by atoms with E-state index in [9.17, 15) is 26.7 Å². The minimum absolute atomic E-state index is 0.0443. The van der Waals surface area contributed by atoms with Gasteiger partial charge in [0.25, 0.3) is 0 Å². The number of halogens is 2. The first-order valence-corrected chi connectivity index (χ1v) is 15.4. The van der Waals surface area contributed by atoms with Gasteiger partial charge in [-0.1, -0.05) is 47.5 Å². The van der Waals surface area contributed by atoms with Crippen LogP contribution in [0.25, 0.3) is 11.1 Å². The molecule has 190 valence electrons. The van der Waals surface area contributed by atoms with Crippen molar-refractivity contribution in [1.82, 2.24) is 0 Å². The van der Waals surface area contributed by atoms with E-state index in [1.807, 2.05) is 0 Å². The standard InChI is InChI=1S/C26H24Cl2O6S2/c1-35(31,32)19-6-2-17(3-7-19)22(15-29)25(30)14-16-12-23(27)26(24(28)13-16)18-4-8-20(9-5-18)36(33,34)21-10-11-21/h2-9,12-13,21-22,29H,10-11,14-15H2,1H3/t22-/m1/s1. The van der Waals surface area contributed by atoms with Crippen molar-refractivity contribution in [3.63, 3.8) is 0 Å². The van der Waals surface area contributed by atoms with E-state index < -0.39 is 32.2 Å². The van der Waals surface area contributed by atoms with Crippen molar-refractivity contribution < 1.29 is 26.7 Å². The molecule has 0 radical (unpaired) electrons. The van der Waals surface area contributed by atoms with Crippen molar-refractivity contribution >= 4 is 48.7 Å². The fourth-order valence-electron chi connectivity index (χ4n) is 4.05. The molecule has 3 aromatic carbocycles. The molecule has 3 aromatic rings. The second kappa shape index (κ2) is 10.3. The highest BCUT2D eigenvalue weighted by Crippen LogP contribution is 2.38. The summed E-state index contributed by atoms with van der Waals surface area (Å²) in [6.45, 7) is -0.438. The number of rotatable bonds is 9. The Balaban J connectivity index is 1.54. The van der Waals surface area contributed by atoms with Gasteiger partial charge in [-0.25, -0.2) is 16.8 Å². The Morgan fingerprint density at radius 2 is 1.44 bits per heavy atom. The lowest BCUT2D eigenvalue weighted by atomic mass is 9.91. The Bertz CT molecular complexity index is 1490. The zero-order valence-corrected chi connectivity index (χ0v) is 22.5. The maximum Gasteiger partial charge on any atom is 0.181 e. The molecule has 4 rings (SSSR count). The first-order valence-electron chi connectivity index (χ1n) is 11.2. The minimum atomic E-state index is -3.37. The van der Waals surface area contributed by atoms with Crippen LogP contribution in [-0.2, 0) is 30.9 Å². The predicted molar refractivity (Wildman–Crippen MR) is 140 cm³/mol. The molecule has 0 amide bonds. The SMILES string of the molecule is CS(=O)(=O)c1ccc([C@@H](CO)C(=O)Cc2cc(Cl)c(-c3ccc(S(=O)(=O)C4CC4)cc3)c(Cl)c2)cc1. The van der Waals surface area contributed by atoms with E-state index in [2.05, 4.69) is 0 Å². The fraction of sp³-hybridized carbons (Fsp3) is 0.269. The average molecular weight is 568 g/mol. The van der Waals surface area contributed by atoms with Gasteiger partial charge in [-0.3, -0.25) is 4.79 Å². The summed E-state index contributed by atoms with van der Waals surface area (Å²) in [7, 11) is -6.68. The van der Waals surface area contributed by atoms with Gasteiger partial charge in [-0.2, -0.15) is 0 Å². The van der Waals surface area contributed by atoms with E-state index in [-0.39, 0.29) is 27.2 Å². The van der Waals surface area contributed by atoms with Crippen molar-refractivity contribution in [2.45, 2.75) is 40.2 Å². The molecular weight excluding hydrogens is 543 g/mol. The summed E-state index contributed by atoms with van der Waals surface area (Å²) >= 11 is 13.0. The highest BCUT2D eigenvalue weighted by atomic mass is 35.5. The van der Waals surface area contributed by atoms with Crippen molar-refractivity contribution in [1.29, 1.82) is 0 Å². The molecule has 0 heterocycles. The molecule has 1 aliphatic rings. The van der Waals surface area contributed by atoms with Gasteiger partial charge in [-0.05, 0) is 65.9 Å². The van der Waals surface area contributed by atoms with Crippen LogP contribution in [0.1, 0.15) is 29.9 Å². The number of hydrogen-bond acceptors (Lipinski definition) is 6. The van der Waals surface area contributed by atoms with Gasteiger partial charge in [0, 0.05) is 18.2 Å². The van der Waals surface area contributed by atoms with E-state index in [0.717, 1.165) is 6.26 Å². The van der Waals surface area contributed by atoms with Gasteiger partial charge in [0.1, 0.15) is 5.78 Å². The number of ketones is 1. The Hall–Kier alpha value is -2.23. The fourth-order valence-corrected chi connectivity index (χ4v) is 7.09. The van der Waals surface area contributed by atoms with Gasteiger partial charge in [0.15, 0.2) is 19.7 Å². The van der Waals surface area contributed by atoms with Crippen molar-refractivity contribution in [2.24, 2.45) is 0 Å². The molecule has 0 aromatic heterocycles. The monoisotopic (exact) mass is 566 g/mol. The highest BCUT2D eigenvalue weighted by Gasteiger charge is 2.36. The molecule has 36 heavy (non-hydrogen) atoms. The lowest BCUT2D eigenvalue weighted by molar-refractivity contribution is -0.120. The van der Waals surface area contributed by atoms with Gasteiger partial charge in [-0.15, -0.1) is 0 Å². The van der Waals surface area contributed by atoms with Crippen LogP contribution < -0.4 is 0 Å². The second-order valence-corrected chi connectivity index (χ2v) is 14.0. The largest absolute Gasteiger partial charge is 0.395 e.